The largest absolute Gasteiger partial charge is 0.497 e. The summed E-state index contributed by atoms with van der Waals surface area (Å²) < 4.78 is 19.2. The molecule has 4 N–H and O–H groups in total. The lowest BCUT2D eigenvalue weighted by Crippen LogP contribution is -2.57. The third kappa shape index (κ3) is 3.97. The summed E-state index contributed by atoms with van der Waals surface area (Å²) in [5, 5.41) is 22.7. The minimum atomic E-state index is -1.14. The van der Waals surface area contributed by atoms with E-state index >= 15 is 0 Å². The van der Waals surface area contributed by atoms with E-state index in [4.69, 9.17) is 43.1 Å². The van der Waals surface area contributed by atoms with Gasteiger partial charge < -0.3 is 34.7 Å². The highest BCUT2D eigenvalue weighted by Crippen LogP contribution is 2.34. The van der Waals surface area contributed by atoms with Crippen LogP contribution in [0.4, 0.5) is 0 Å². The van der Waals surface area contributed by atoms with Gasteiger partial charge in [-0.2, -0.15) is 0 Å². The highest BCUT2D eigenvalue weighted by atomic mass is 35.5. The number of fused-ring (bicyclic) bond motifs is 2. The number of hydrogen-bond acceptors (Lipinski definition) is 7. The number of nitrogens with two attached hydrogens (primary N) is 1. The summed E-state index contributed by atoms with van der Waals surface area (Å²) in [7, 11) is 1.61. The number of aliphatic hydroxyl groups is 2. The van der Waals surface area contributed by atoms with Crippen molar-refractivity contribution in [1.29, 1.82) is 0 Å². The van der Waals surface area contributed by atoms with Gasteiger partial charge in [0.05, 0.1) is 28.2 Å². The molecule has 3 heterocycles. The number of benzene rings is 2. The van der Waals surface area contributed by atoms with Crippen LogP contribution in [0.2, 0.25) is 10.0 Å². The number of aromatic nitrogens is 1. The molecule has 0 radical (unpaired) electrons. The molecule has 3 aromatic rings. The van der Waals surface area contributed by atoms with E-state index in [1.807, 2.05) is 41.1 Å². The van der Waals surface area contributed by atoms with E-state index in [0.717, 1.165) is 22.0 Å². The Kier molecular flexibility index (Phi) is 5.98. The summed E-state index contributed by atoms with van der Waals surface area (Å²) in [6.07, 6.45) is -1.90. The third-order valence-electron chi connectivity index (χ3n) is 6.05. The van der Waals surface area contributed by atoms with Gasteiger partial charge in [0, 0.05) is 30.7 Å². The molecule has 0 amide bonds. The molecule has 0 bridgehead atoms. The fraction of sp³-hybridized carbons (Fsp3) is 0.348. The minimum Gasteiger partial charge on any atom is -0.497 e. The van der Waals surface area contributed by atoms with E-state index in [-0.39, 0.29) is 6.54 Å². The molecule has 0 saturated carbocycles. The van der Waals surface area contributed by atoms with Crippen molar-refractivity contribution in [3.05, 3.63) is 63.8 Å². The first kappa shape index (κ1) is 22.5. The van der Waals surface area contributed by atoms with Crippen molar-refractivity contribution in [2.24, 2.45) is 10.7 Å². The van der Waals surface area contributed by atoms with Crippen molar-refractivity contribution in [2.45, 2.75) is 37.2 Å². The summed E-state index contributed by atoms with van der Waals surface area (Å²) in [4.78, 5) is 4.55. The van der Waals surface area contributed by atoms with Crippen LogP contribution < -0.4 is 10.5 Å². The Hall–Kier alpha value is -2.33. The molecule has 0 spiro atoms. The van der Waals surface area contributed by atoms with Crippen molar-refractivity contribution in [3.8, 4) is 5.75 Å². The van der Waals surface area contributed by atoms with Gasteiger partial charge in [0.1, 0.15) is 30.1 Å². The predicted octanol–water partition coefficient (Wildman–Crippen LogP) is 2.56. The number of ether oxygens (including phenoxy) is 3. The van der Waals surface area contributed by atoms with Gasteiger partial charge in [-0.05, 0) is 29.8 Å². The van der Waals surface area contributed by atoms with Crippen molar-refractivity contribution in [3.63, 3.8) is 0 Å². The molecule has 0 aliphatic carbocycles. The van der Waals surface area contributed by atoms with Crippen molar-refractivity contribution >= 4 is 40.0 Å². The SMILES string of the molecule is COc1ccc2c(C3=N[C@@H]4C(O)[C@H](O)C(CN)O[C@@H]4O3)cn(Cc3ccc(Cl)c(Cl)c3)c2c1. The lowest BCUT2D eigenvalue weighted by Gasteiger charge is -2.37. The molecule has 5 rings (SSSR count). The second kappa shape index (κ2) is 8.79. The van der Waals surface area contributed by atoms with E-state index in [2.05, 4.69) is 4.99 Å². The van der Waals surface area contributed by atoms with Crippen LogP contribution in [-0.2, 0) is 16.0 Å². The average molecular weight is 492 g/mol. The summed E-state index contributed by atoms with van der Waals surface area (Å²) in [6, 6.07) is 10.5. The van der Waals surface area contributed by atoms with Gasteiger partial charge >= 0.3 is 0 Å². The number of hydrogen-bond donors (Lipinski definition) is 3. The fourth-order valence-corrected chi connectivity index (χ4v) is 4.61. The van der Waals surface area contributed by atoms with Gasteiger partial charge in [-0.15, -0.1) is 0 Å². The van der Waals surface area contributed by atoms with Gasteiger partial charge in [-0.3, -0.25) is 0 Å². The number of methoxy groups -OCH3 is 1. The smallest absolute Gasteiger partial charge is 0.227 e. The maximum atomic E-state index is 10.5. The highest BCUT2D eigenvalue weighted by molar-refractivity contribution is 6.42. The Balaban J connectivity index is 1.54. The maximum Gasteiger partial charge on any atom is 0.227 e. The van der Waals surface area contributed by atoms with Crippen LogP contribution in [-0.4, -0.2) is 65.0 Å². The standard InChI is InChI=1S/C23H23Cl2N3O5/c1-31-12-3-4-13-14(22-27-19-21(30)20(29)18(8-26)32-23(19)33-22)10-28(17(13)7-12)9-11-2-5-15(24)16(25)6-11/h2-7,10,18-21,23,29-30H,8-9,26H2,1H3/t18?,19-,20-,21?,23-/m1/s1. The summed E-state index contributed by atoms with van der Waals surface area (Å²) in [5.74, 6) is 1.04. The number of halogens is 2. The number of nitrogens with zero attached hydrogens (tertiary/aromatic N) is 2. The molecule has 10 heteroatoms. The summed E-state index contributed by atoms with van der Waals surface area (Å²) in [6.45, 7) is 0.580. The normalized spacial score (nSPS) is 26.7. The van der Waals surface area contributed by atoms with Gasteiger partial charge in [-0.25, -0.2) is 4.99 Å². The van der Waals surface area contributed by atoms with Crippen molar-refractivity contribution in [1.82, 2.24) is 4.57 Å². The lowest BCUT2D eigenvalue weighted by molar-refractivity contribution is -0.223. The Morgan fingerprint density at radius 1 is 1.12 bits per heavy atom. The first-order valence-corrected chi connectivity index (χ1v) is 11.2. The van der Waals surface area contributed by atoms with Gasteiger partial charge in [0.15, 0.2) is 0 Å². The third-order valence-corrected chi connectivity index (χ3v) is 6.79. The van der Waals surface area contributed by atoms with Crippen LogP contribution in [0.15, 0.2) is 47.6 Å². The number of aliphatic hydroxyl groups excluding tert-OH is 2. The van der Waals surface area contributed by atoms with Gasteiger partial charge in [0.2, 0.25) is 12.2 Å². The summed E-state index contributed by atoms with van der Waals surface area (Å²) >= 11 is 12.3. The maximum absolute atomic E-state index is 10.5. The van der Waals surface area contributed by atoms with Gasteiger partial charge in [-0.1, -0.05) is 29.3 Å². The minimum absolute atomic E-state index is 0.0584. The zero-order valence-electron chi connectivity index (χ0n) is 17.7. The van der Waals surface area contributed by atoms with E-state index in [9.17, 15) is 10.2 Å². The highest BCUT2D eigenvalue weighted by Gasteiger charge is 2.49. The first-order chi connectivity index (χ1) is 15.9. The Morgan fingerprint density at radius 2 is 1.94 bits per heavy atom. The molecule has 8 nitrogen and oxygen atoms in total. The zero-order chi connectivity index (χ0) is 23.3. The average Bonchev–Trinajstić information content (AvgIpc) is 3.40. The fourth-order valence-electron chi connectivity index (χ4n) is 4.29. The van der Waals surface area contributed by atoms with Crippen LogP contribution in [0.25, 0.3) is 10.9 Å². The molecule has 2 aliphatic heterocycles. The lowest BCUT2D eigenvalue weighted by atomic mass is 9.97. The Morgan fingerprint density at radius 3 is 2.67 bits per heavy atom. The van der Waals surface area contributed by atoms with Crippen LogP contribution >= 0.6 is 23.2 Å². The van der Waals surface area contributed by atoms with Gasteiger partial charge in [0.25, 0.3) is 0 Å². The molecule has 5 atom stereocenters. The Labute approximate surface area is 200 Å². The second-order valence-corrected chi connectivity index (χ2v) is 8.92. The van der Waals surface area contributed by atoms with E-state index in [1.54, 1.807) is 13.2 Å². The second-order valence-electron chi connectivity index (χ2n) is 8.10. The van der Waals surface area contributed by atoms with Crippen molar-refractivity contribution in [2.75, 3.05) is 13.7 Å². The molecular weight excluding hydrogens is 469 g/mol. The quantitative estimate of drug-likeness (QED) is 0.505. The topological polar surface area (TPSA) is 111 Å². The molecule has 1 saturated heterocycles. The molecule has 2 aliphatic rings. The number of aliphatic imine (C=N–C) groups is 1. The summed E-state index contributed by atoms with van der Waals surface area (Å²) in [5.41, 5.74) is 8.26. The van der Waals surface area contributed by atoms with Crippen LogP contribution in [0.1, 0.15) is 11.1 Å². The molecule has 2 unspecified atom stereocenters. The molecule has 2 aromatic carbocycles. The van der Waals surface area contributed by atoms with Crippen molar-refractivity contribution < 1.29 is 24.4 Å². The van der Waals surface area contributed by atoms with E-state index < -0.39 is 30.6 Å². The van der Waals surface area contributed by atoms with E-state index in [1.165, 1.54) is 0 Å². The Bertz CT molecular complexity index is 1230. The molecule has 33 heavy (non-hydrogen) atoms. The van der Waals surface area contributed by atoms with Crippen LogP contribution in [0.5, 0.6) is 5.75 Å². The van der Waals surface area contributed by atoms with Crippen LogP contribution in [0.3, 0.4) is 0 Å². The molecule has 1 aromatic heterocycles. The number of rotatable bonds is 5. The molecular formula is C23H23Cl2N3O5. The zero-order valence-corrected chi connectivity index (χ0v) is 19.2. The first-order valence-electron chi connectivity index (χ1n) is 10.5. The van der Waals surface area contributed by atoms with Crippen LogP contribution in [0, 0.1) is 0 Å². The van der Waals surface area contributed by atoms with E-state index in [0.29, 0.717) is 28.2 Å². The predicted molar refractivity (Wildman–Crippen MR) is 125 cm³/mol. The molecule has 1 fully saturated rings. The molecule has 174 valence electrons. The monoisotopic (exact) mass is 491 g/mol.